The summed E-state index contributed by atoms with van der Waals surface area (Å²) in [4.78, 5) is 2.40. The fourth-order valence-corrected chi connectivity index (χ4v) is 2.78. The lowest BCUT2D eigenvalue weighted by molar-refractivity contribution is 0.0268. The van der Waals surface area contributed by atoms with Crippen molar-refractivity contribution >= 4 is 0 Å². The Morgan fingerprint density at radius 2 is 2.00 bits per heavy atom. The molecule has 2 aliphatic rings. The second kappa shape index (κ2) is 3.35. The molecule has 2 heteroatoms. The summed E-state index contributed by atoms with van der Waals surface area (Å²) in [5.74, 6) is 1.71. The monoisotopic (exact) mass is 169 g/mol. The molecule has 0 amide bonds. The molecule has 3 atom stereocenters. The topological polar surface area (TPSA) is 23.5 Å². The van der Waals surface area contributed by atoms with Crippen LogP contribution in [-0.4, -0.2) is 36.2 Å². The van der Waals surface area contributed by atoms with Crippen molar-refractivity contribution < 1.29 is 5.11 Å². The van der Waals surface area contributed by atoms with Crippen LogP contribution in [0.25, 0.3) is 0 Å². The maximum Gasteiger partial charge on any atom is 0.0543 e. The first kappa shape index (κ1) is 8.52. The largest absolute Gasteiger partial charge is 0.393 e. The normalized spacial score (nSPS) is 44.0. The molecule has 2 fully saturated rings. The van der Waals surface area contributed by atoms with Gasteiger partial charge in [-0.15, -0.1) is 0 Å². The van der Waals surface area contributed by atoms with Crippen molar-refractivity contribution in [3.05, 3.63) is 0 Å². The number of fused-ring (bicyclic) bond motifs is 1. The molecule has 1 aliphatic carbocycles. The molecule has 2 unspecified atom stereocenters. The highest BCUT2D eigenvalue weighted by Gasteiger charge is 2.32. The highest BCUT2D eigenvalue weighted by atomic mass is 16.3. The van der Waals surface area contributed by atoms with E-state index in [1.165, 1.54) is 25.9 Å². The average Bonchev–Trinajstić information content (AvgIpc) is 2.03. The summed E-state index contributed by atoms with van der Waals surface area (Å²) in [6.45, 7) is 2.47. The fourth-order valence-electron chi connectivity index (χ4n) is 2.78. The number of rotatable bonds is 0. The molecule has 12 heavy (non-hydrogen) atoms. The standard InChI is InChI=1S/C10H19NO/c1-11-5-4-8-2-3-10(12)6-9(8)7-11/h8-10,12H,2-7H2,1H3/t8?,9-,10?/m1/s1. The molecule has 1 heterocycles. The first-order valence-electron chi connectivity index (χ1n) is 5.12. The summed E-state index contributed by atoms with van der Waals surface area (Å²) >= 11 is 0. The van der Waals surface area contributed by atoms with E-state index in [2.05, 4.69) is 11.9 Å². The molecule has 2 nitrogen and oxygen atoms in total. The Bertz CT molecular complexity index is 144. The van der Waals surface area contributed by atoms with Gasteiger partial charge in [0.15, 0.2) is 0 Å². The minimum Gasteiger partial charge on any atom is -0.393 e. The summed E-state index contributed by atoms with van der Waals surface area (Å²) in [6.07, 6.45) is 4.71. The van der Waals surface area contributed by atoms with E-state index in [1.54, 1.807) is 0 Å². The Labute approximate surface area is 74.6 Å². The van der Waals surface area contributed by atoms with Crippen LogP contribution in [0, 0.1) is 11.8 Å². The number of aliphatic hydroxyl groups excluding tert-OH is 1. The zero-order valence-electron chi connectivity index (χ0n) is 7.87. The van der Waals surface area contributed by atoms with Crippen LogP contribution in [0.1, 0.15) is 25.7 Å². The molecule has 70 valence electrons. The van der Waals surface area contributed by atoms with Gasteiger partial charge in [0.25, 0.3) is 0 Å². The van der Waals surface area contributed by atoms with Crippen LogP contribution in [0.15, 0.2) is 0 Å². The highest BCUT2D eigenvalue weighted by Crippen LogP contribution is 2.35. The second-order valence-corrected chi connectivity index (χ2v) is 4.54. The zero-order chi connectivity index (χ0) is 8.55. The Kier molecular flexibility index (Phi) is 2.37. The smallest absolute Gasteiger partial charge is 0.0543 e. The molecule has 1 saturated carbocycles. The third-order valence-electron chi connectivity index (χ3n) is 3.54. The molecule has 0 aromatic carbocycles. The molecule has 1 saturated heterocycles. The summed E-state index contributed by atoms with van der Waals surface area (Å²) in [5.41, 5.74) is 0. The molecule has 1 N–H and O–H groups in total. The predicted molar refractivity (Wildman–Crippen MR) is 49.0 cm³/mol. The van der Waals surface area contributed by atoms with Gasteiger partial charge in [0.1, 0.15) is 0 Å². The van der Waals surface area contributed by atoms with Gasteiger partial charge >= 0.3 is 0 Å². The lowest BCUT2D eigenvalue weighted by Crippen LogP contribution is -2.42. The van der Waals surface area contributed by atoms with Crippen molar-refractivity contribution in [2.45, 2.75) is 31.8 Å². The van der Waals surface area contributed by atoms with Gasteiger partial charge in [-0.25, -0.2) is 0 Å². The van der Waals surface area contributed by atoms with Gasteiger partial charge in [-0.1, -0.05) is 0 Å². The predicted octanol–water partition coefficient (Wildman–Crippen LogP) is 1.10. The number of nitrogens with zero attached hydrogens (tertiary/aromatic N) is 1. The lowest BCUT2D eigenvalue weighted by Gasteiger charge is -2.41. The van der Waals surface area contributed by atoms with Crippen LogP contribution in [0.3, 0.4) is 0 Å². The van der Waals surface area contributed by atoms with E-state index in [0.717, 1.165) is 24.7 Å². The molecule has 2 rings (SSSR count). The summed E-state index contributed by atoms with van der Waals surface area (Å²) < 4.78 is 0. The van der Waals surface area contributed by atoms with Crippen molar-refractivity contribution in [2.75, 3.05) is 20.1 Å². The first-order valence-corrected chi connectivity index (χ1v) is 5.12. The van der Waals surface area contributed by atoms with E-state index < -0.39 is 0 Å². The summed E-state index contributed by atoms with van der Waals surface area (Å²) in [5, 5.41) is 9.52. The van der Waals surface area contributed by atoms with Crippen molar-refractivity contribution in [3.63, 3.8) is 0 Å². The average molecular weight is 169 g/mol. The zero-order valence-corrected chi connectivity index (χ0v) is 7.87. The minimum atomic E-state index is -0.00208. The maximum absolute atomic E-state index is 9.52. The number of hydrogen-bond acceptors (Lipinski definition) is 2. The van der Waals surface area contributed by atoms with E-state index in [9.17, 15) is 5.11 Å². The minimum absolute atomic E-state index is 0.00208. The Balaban J connectivity index is 1.94. The quantitative estimate of drug-likeness (QED) is 0.587. The van der Waals surface area contributed by atoms with Crippen LogP contribution in [-0.2, 0) is 0 Å². The second-order valence-electron chi connectivity index (χ2n) is 4.54. The Morgan fingerprint density at radius 1 is 1.17 bits per heavy atom. The van der Waals surface area contributed by atoms with E-state index in [1.807, 2.05) is 0 Å². The van der Waals surface area contributed by atoms with Crippen LogP contribution >= 0.6 is 0 Å². The van der Waals surface area contributed by atoms with Gasteiger partial charge in [-0.2, -0.15) is 0 Å². The molecule has 0 spiro atoms. The van der Waals surface area contributed by atoms with Crippen molar-refractivity contribution in [1.82, 2.24) is 4.90 Å². The van der Waals surface area contributed by atoms with Crippen LogP contribution in [0.2, 0.25) is 0 Å². The third-order valence-corrected chi connectivity index (χ3v) is 3.54. The fraction of sp³-hybridized carbons (Fsp3) is 1.00. The van der Waals surface area contributed by atoms with E-state index in [0.29, 0.717) is 0 Å². The number of hydrogen-bond donors (Lipinski definition) is 1. The molecule has 0 aromatic heterocycles. The molecule has 1 aliphatic heterocycles. The molecule has 0 aromatic rings. The van der Waals surface area contributed by atoms with Gasteiger partial charge in [0.05, 0.1) is 6.10 Å². The number of likely N-dealkylation sites (tertiary alicyclic amines) is 1. The van der Waals surface area contributed by atoms with Crippen molar-refractivity contribution in [3.8, 4) is 0 Å². The molecule has 0 bridgehead atoms. The van der Waals surface area contributed by atoms with Gasteiger partial charge in [0, 0.05) is 6.54 Å². The van der Waals surface area contributed by atoms with Gasteiger partial charge in [-0.3, -0.25) is 0 Å². The molecular formula is C10H19NO. The van der Waals surface area contributed by atoms with Gasteiger partial charge in [-0.05, 0) is 51.1 Å². The highest BCUT2D eigenvalue weighted by molar-refractivity contribution is 4.85. The number of piperidine rings is 1. The third kappa shape index (κ3) is 1.64. The van der Waals surface area contributed by atoms with Crippen molar-refractivity contribution in [2.24, 2.45) is 11.8 Å². The molecule has 0 radical (unpaired) electrons. The van der Waals surface area contributed by atoms with Crippen LogP contribution in [0.5, 0.6) is 0 Å². The molecular weight excluding hydrogens is 150 g/mol. The Hall–Kier alpha value is -0.0800. The number of aliphatic hydroxyl groups is 1. The van der Waals surface area contributed by atoms with Gasteiger partial charge < -0.3 is 10.0 Å². The first-order chi connectivity index (χ1) is 5.75. The maximum atomic E-state index is 9.52. The van der Waals surface area contributed by atoms with Crippen molar-refractivity contribution in [1.29, 1.82) is 0 Å². The summed E-state index contributed by atoms with van der Waals surface area (Å²) in [6, 6.07) is 0. The van der Waals surface area contributed by atoms with E-state index >= 15 is 0 Å². The van der Waals surface area contributed by atoms with Crippen LogP contribution < -0.4 is 0 Å². The summed E-state index contributed by atoms with van der Waals surface area (Å²) in [7, 11) is 2.19. The van der Waals surface area contributed by atoms with Gasteiger partial charge in [0.2, 0.25) is 0 Å². The van der Waals surface area contributed by atoms with Crippen LogP contribution in [0.4, 0.5) is 0 Å². The lowest BCUT2D eigenvalue weighted by atomic mass is 9.74. The Morgan fingerprint density at radius 3 is 2.83 bits per heavy atom. The SMILES string of the molecule is CN1CCC2CCC(O)C[C@@H]2C1. The van der Waals surface area contributed by atoms with E-state index in [-0.39, 0.29) is 6.10 Å². The van der Waals surface area contributed by atoms with E-state index in [4.69, 9.17) is 0 Å².